The molecule has 88 valence electrons. The number of rotatable bonds is 4. The summed E-state index contributed by atoms with van der Waals surface area (Å²) >= 11 is 0. The number of ether oxygens (including phenoxy) is 1. The van der Waals surface area contributed by atoms with Crippen molar-refractivity contribution in [3.63, 3.8) is 0 Å². The summed E-state index contributed by atoms with van der Waals surface area (Å²) in [5.74, 6) is 4.29. The highest BCUT2D eigenvalue weighted by Gasteiger charge is 2.08. The number of anilines is 1. The van der Waals surface area contributed by atoms with Crippen molar-refractivity contribution >= 4 is 21.9 Å². The maximum Gasteiger partial charge on any atom is 0.337 e. The van der Waals surface area contributed by atoms with Crippen molar-refractivity contribution in [3.05, 3.63) is 29.8 Å². The number of benzene rings is 1. The summed E-state index contributed by atoms with van der Waals surface area (Å²) in [5.41, 5.74) is 0.608. The summed E-state index contributed by atoms with van der Waals surface area (Å²) in [6, 6.07) is 5.70. The van der Waals surface area contributed by atoms with Gasteiger partial charge < -0.3 is 4.74 Å². The highest BCUT2D eigenvalue weighted by Crippen LogP contribution is 2.11. The summed E-state index contributed by atoms with van der Waals surface area (Å²) in [5, 5.41) is 0. The molecule has 0 amide bonds. The van der Waals surface area contributed by atoms with E-state index in [2.05, 4.69) is 9.46 Å². The fourth-order valence-electron chi connectivity index (χ4n) is 0.977. The zero-order chi connectivity index (χ0) is 12.2. The first-order chi connectivity index (χ1) is 7.48. The zero-order valence-corrected chi connectivity index (χ0v) is 9.24. The molecule has 0 aliphatic carbocycles. The third kappa shape index (κ3) is 3.19. The summed E-state index contributed by atoms with van der Waals surface area (Å²) in [6.45, 7) is 0. The van der Waals surface area contributed by atoms with Crippen LogP contribution in [-0.2, 0) is 14.9 Å². The van der Waals surface area contributed by atoms with Crippen molar-refractivity contribution < 1.29 is 17.9 Å². The minimum absolute atomic E-state index is 0.283. The van der Waals surface area contributed by atoms with Gasteiger partial charge in [-0.05, 0) is 24.3 Å². The molecule has 0 bridgehead atoms. The largest absolute Gasteiger partial charge is 0.465 e. The highest BCUT2D eigenvalue weighted by molar-refractivity contribution is 7.90. The molecule has 0 aromatic heterocycles. The molecule has 0 unspecified atom stereocenters. The molecule has 0 heterocycles. The maximum absolute atomic E-state index is 11.1. The average Bonchev–Trinajstić information content (AvgIpc) is 2.28. The van der Waals surface area contributed by atoms with Crippen LogP contribution in [0.2, 0.25) is 0 Å². The second kappa shape index (κ2) is 4.92. The second-order valence-electron chi connectivity index (χ2n) is 2.79. The van der Waals surface area contributed by atoms with E-state index in [0.29, 0.717) is 5.56 Å². The van der Waals surface area contributed by atoms with Gasteiger partial charge >= 0.3 is 16.2 Å². The molecule has 0 spiro atoms. The molecule has 0 atom stereocenters. The van der Waals surface area contributed by atoms with Gasteiger partial charge in [-0.25, -0.2) is 4.79 Å². The number of hydrogen-bond acceptors (Lipinski definition) is 5. The molecule has 7 nitrogen and oxygen atoms in total. The Kier molecular flexibility index (Phi) is 3.82. The Hall–Kier alpha value is -1.64. The fourth-order valence-corrected chi connectivity index (χ4v) is 1.48. The van der Waals surface area contributed by atoms with Gasteiger partial charge in [0.1, 0.15) is 0 Å². The highest BCUT2D eigenvalue weighted by atomic mass is 32.2. The van der Waals surface area contributed by atoms with Crippen LogP contribution in [0.1, 0.15) is 10.4 Å². The van der Waals surface area contributed by atoms with Crippen LogP contribution >= 0.6 is 0 Å². The van der Waals surface area contributed by atoms with Crippen LogP contribution in [0.3, 0.4) is 0 Å². The zero-order valence-electron chi connectivity index (χ0n) is 8.43. The molecular weight excluding hydrogens is 234 g/mol. The smallest absolute Gasteiger partial charge is 0.337 e. The number of carbonyl (C=O) groups is 1. The van der Waals surface area contributed by atoms with Gasteiger partial charge in [-0.3, -0.25) is 10.6 Å². The van der Waals surface area contributed by atoms with E-state index in [9.17, 15) is 13.2 Å². The van der Waals surface area contributed by atoms with Crippen molar-refractivity contribution in [3.8, 4) is 0 Å². The van der Waals surface area contributed by atoms with Crippen molar-refractivity contribution in [1.82, 2.24) is 4.83 Å². The lowest BCUT2D eigenvalue weighted by atomic mass is 10.2. The number of hydrogen-bond donors (Lipinski definition) is 3. The Morgan fingerprint density at radius 3 is 2.31 bits per heavy atom. The van der Waals surface area contributed by atoms with Crippen molar-refractivity contribution in [1.29, 1.82) is 0 Å². The third-order valence-electron chi connectivity index (χ3n) is 1.71. The third-order valence-corrected chi connectivity index (χ3v) is 2.53. The molecule has 8 heteroatoms. The first-order valence-corrected chi connectivity index (χ1v) is 5.65. The first-order valence-electron chi connectivity index (χ1n) is 4.17. The molecule has 0 aliphatic heterocycles. The molecule has 4 N–H and O–H groups in total. The average molecular weight is 245 g/mol. The molecule has 1 rings (SSSR count). The van der Waals surface area contributed by atoms with Gasteiger partial charge in [0.25, 0.3) is 0 Å². The lowest BCUT2D eigenvalue weighted by molar-refractivity contribution is 0.0601. The van der Waals surface area contributed by atoms with E-state index in [-0.39, 0.29) is 5.69 Å². The Labute approximate surface area is 92.7 Å². The number of esters is 1. The van der Waals surface area contributed by atoms with Crippen LogP contribution < -0.4 is 15.4 Å². The molecule has 16 heavy (non-hydrogen) atoms. The lowest BCUT2D eigenvalue weighted by Crippen LogP contribution is -2.35. The Morgan fingerprint density at radius 2 is 1.88 bits per heavy atom. The fraction of sp³-hybridized carbons (Fsp3) is 0.125. The van der Waals surface area contributed by atoms with Crippen LogP contribution in [-0.4, -0.2) is 21.5 Å². The van der Waals surface area contributed by atoms with E-state index in [1.54, 1.807) is 4.83 Å². The van der Waals surface area contributed by atoms with E-state index in [4.69, 9.17) is 5.84 Å². The second-order valence-corrected chi connectivity index (χ2v) is 4.24. The van der Waals surface area contributed by atoms with Crippen LogP contribution in [0, 0.1) is 0 Å². The van der Waals surface area contributed by atoms with Gasteiger partial charge in [-0.2, -0.15) is 8.42 Å². The van der Waals surface area contributed by atoms with E-state index >= 15 is 0 Å². The number of nitrogens with two attached hydrogens (primary N) is 1. The molecule has 1 aromatic carbocycles. The van der Waals surface area contributed by atoms with Gasteiger partial charge in [0.2, 0.25) is 0 Å². The summed E-state index contributed by atoms with van der Waals surface area (Å²) in [7, 11) is -2.49. The number of carbonyl (C=O) groups excluding carboxylic acids is 1. The van der Waals surface area contributed by atoms with Crippen molar-refractivity contribution in [2.24, 2.45) is 5.84 Å². The summed E-state index contributed by atoms with van der Waals surface area (Å²) < 4.78 is 28.6. The molecular formula is C8H11N3O4S. The van der Waals surface area contributed by atoms with E-state index in [0.717, 1.165) is 0 Å². The topological polar surface area (TPSA) is 111 Å². The standard InChI is InChI=1S/C8H11N3O4S/c1-15-8(12)6-2-4-7(5-3-6)10-16(13,14)11-9/h2-5,10-11H,9H2,1H3. The Bertz CT molecular complexity index is 469. The van der Waals surface area contributed by atoms with Crippen molar-refractivity contribution in [2.45, 2.75) is 0 Å². The number of nitrogens with one attached hydrogen (secondary N) is 2. The maximum atomic E-state index is 11.1. The van der Waals surface area contributed by atoms with E-state index in [1.807, 2.05) is 0 Å². The minimum atomic E-state index is -3.75. The molecule has 0 radical (unpaired) electrons. The first kappa shape index (κ1) is 12.4. The SMILES string of the molecule is COC(=O)c1ccc(NS(=O)(=O)NN)cc1. The van der Waals surface area contributed by atoms with Crippen molar-refractivity contribution in [2.75, 3.05) is 11.8 Å². The molecule has 1 aromatic rings. The Morgan fingerprint density at radius 1 is 1.31 bits per heavy atom. The quantitative estimate of drug-likeness (QED) is 0.379. The molecule has 0 fully saturated rings. The van der Waals surface area contributed by atoms with Gasteiger partial charge in [-0.15, -0.1) is 4.83 Å². The van der Waals surface area contributed by atoms with Crippen LogP contribution in [0.15, 0.2) is 24.3 Å². The van der Waals surface area contributed by atoms with E-state index < -0.39 is 16.2 Å². The number of hydrazine groups is 1. The van der Waals surface area contributed by atoms with Crippen LogP contribution in [0.4, 0.5) is 5.69 Å². The monoisotopic (exact) mass is 245 g/mol. The van der Waals surface area contributed by atoms with Crippen LogP contribution in [0.25, 0.3) is 0 Å². The van der Waals surface area contributed by atoms with Gasteiger partial charge in [-0.1, -0.05) is 0 Å². The molecule has 0 saturated heterocycles. The predicted octanol–water partition coefficient (Wildman–Crippen LogP) is -0.407. The summed E-state index contributed by atoms with van der Waals surface area (Å²) in [4.78, 5) is 12.7. The minimum Gasteiger partial charge on any atom is -0.465 e. The van der Waals surface area contributed by atoms with E-state index in [1.165, 1.54) is 31.4 Å². The predicted molar refractivity (Wildman–Crippen MR) is 57.6 cm³/mol. The van der Waals surface area contributed by atoms with Crippen LogP contribution in [0.5, 0.6) is 0 Å². The Balaban J connectivity index is 2.84. The normalized spacial score (nSPS) is 10.9. The number of methoxy groups -OCH3 is 1. The van der Waals surface area contributed by atoms with Gasteiger partial charge in [0.15, 0.2) is 0 Å². The lowest BCUT2D eigenvalue weighted by Gasteiger charge is -2.06. The van der Waals surface area contributed by atoms with Gasteiger partial charge in [0, 0.05) is 5.69 Å². The van der Waals surface area contributed by atoms with Gasteiger partial charge in [0.05, 0.1) is 12.7 Å². The summed E-state index contributed by atoms with van der Waals surface area (Å²) in [6.07, 6.45) is 0. The molecule has 0 saturated carbocycles. The molecule has 0 aliphatic rings.